The van der Waals surface area contributed by atoms with Crippen LogP contribution in [0.2, 0.25) is 0 Å². The number of Topliss-reactive ketones (excluding diaryl/α,β-unsaturated/α-hetero) is 4. The first-order valence-corrected chi connectivity index (χ1v) is 11.5. The second kappa shape index (κ2) is 8.09. The zero-order chi connectivity index (χ0) is 25.3. The first-order chi connectivity index (χ1) is 15.8. The Hall–Kier alpha value is -2.91. The van der Waals surface area contributed by atoms with Crippen molar-refractivity contribution in [3.05, 3.63) is 28.8 Å². The van der Waals surface area contributed by atoms with Gasteiger partial charge in [0, 0.05) is 5.92 Å². The number of primary amides is 1. The molecule has 2 fully saturated rings. The van der Waals surface area contributed by atoms with Gasteiger partial charge in [-0.25, -0.2) is 0 Å². The van der Waals surface area contributed by atoms with Crippen LogP contribution in [0.5, 0.6) is 5.75 Å². The van der Waals surface area contributed by atoms with E-state index in [2.05, 4.69) is 0 Å². The van der Waals surface area contributed by atoms with Gasteiger partial charge in [-0.15, -0.1) is 0 Å². The molecule has 34 heavy (non-hydrogen) atoms. The summed E-state index contributed by atoms with van der Waals surface area (Å²) < 4.78 is 0. The number of amides is 1. The number of carbonyl (C=O) groups excluding carboxylic acids is 5. The van der Waals surface area contributed by atoms with Gasteiger partial charge in [-0.3, -0.25) is 28.9 Å². The van der Waals surface area contributed by atoms with E-state index in [-0.39, 0.29) is 23.7 Å². The molecule has 2 saturated carbocycles. The fourth-order valence-electron chi connectivity index (χ4n) is 6.30. The van der Waals surface area contributed by atoms with Crippen molar-refractivity contribution in [2.75, 3.05) is 14.1 Å². The molecule has 0 heterocycles. The van der Waals surface area contributed by atoms with E-state index < -0.39 is 64.4 Å². The zero-order valence-corrected chi connectivity index (χ0v) is 19.7. The van der Waals surface area contributed by atoms with Crippen molar-refractivity contribution in [2.45, 2.75) is 44.8 Å². The van der Waals surface area contributed by atoms with Gasteiger partial charge in [0.2, 0.25) is 5.91 Å². The molecule has 0 spiro atoms. The number of ketones is 4. The fraction of sp³-hybridized carbons (Fsp3) is 0.560. The minimum atomic E-state index is -2.69. The Balaban J connectivity index is 1.86. The monoisotopic (exact) mass is 470 g/mol. The highest BCUT2D eigenvalue weighted by Crippen LogP contribution is 2.51. The largest absolute Gasteiger partial charge is 0.507 e. The number of rotatable bonds is 4. The van der Waals surface area contributed by atoms with Gasteiger partial charge in [0.1, 0.15) is 5.75 Å². The Morgan fingerprint density at radius 1 is 1.18 bits per heavy atom. The van der Waals surface area contributed by atoms with E-state index in [9.17, 15) is 34.2 Å². The van der Waals surface area contributed by atoms with Crippen LogP contribution in [0.25, 0.3) is 0 Å². The van der Waals surface area contributed by atoms with Crippen LogP contribution in [0.1, 0.15) is 41.8 Å². The van der Waals surface area contributed by atoms with Crippen LogP contribution < -0.4 is 5.73 Å². The second-order valence-corrected chi connectivity index (χ2v) is 10.5. The van der Waals surface area contributed by atoms with Crippen molar-refractivity contribution < 1.29 is 34.2 Å². The molecule has 3 aliphatic carbocycles. The molecular formula is C25H30N2O7. The summed E-state index contributed by atoms with van der Waals surface area (Å²) in [7, 11) is 3.13. The number of hydrogen-bond donors (Lipinski definition) is 3. The van der Waals surface area contributed by atoms with Crippen molar-refractivity contribution in [1.82, 2.24) is 4.90 Å². The number of fused-ring (bicyclic) bond motifs is 3. The van der Waals surface area contributed by atoms with E-state index >= 15 is 0 Å². The topological polar surface area (TPSA) is 155 Å². The summed E-state index contributed by atoms with van der Waals surface area (Å²) in [5.41, 5.74) is 4.24. The number of phenols is 1. The maximum atomic E-state index is 13.7. The summed E-state index contributed by atoms with van der Waals surface area (Å²) in [5.74, 6) is -9.87. The van der Waals surface area contributed by atoms with Crippen molar-refractivity contribution in [2.24, 2.45) is 35.3 Å². The molecule has 182 valence electrons. The minimum absolute atomic E-state index is 0.0461. The lowest BCUT2D eigenvalue weighted by atomic mass is 9.52. The second-order valence-electron chi connectivity index (χ2n) is 10.5. The molecule has 0 saturated heterocycles. The van der Waals surface area contributed by atoms with Gasteiger partial charge >= 0.3 is 0 Å². The highest BCUT2D eigenvalue weighted by molar-refractivity contribution is 6.32. The Morgan fingerprint density at radius 3 is 2.38 bits per heavy atom. The van der Waals surface area contributed by atoms with Crippen molar-refractivity contribution >= 4 is 29.0 Å². The Kier molecular flexibility index (Phi) is 5.77. The molecule has 4 N–H and O–H groups in total. The Labute approximate surface area is 197 Å². The normalized spacial score (nSPS) is 33.1. The van der Waals surface area contributed by atoms with Crippen LogP contribution in [0.3, 0.4) is 0 Å². The molecule has 0 aromatic heterocycles. The van der Waals surface area contributed by atoms with Gasteiger partial charge in [-0.05, 0) is 62.4 Å². The minimum Gasteiger partial charge on any atom is -0.507 e. The summed E-state index contributed by atoms with van der Waals surface area (Å²) in [6.07, 6.45) is 1.02. The van der Waals surface area contributed by atoms with Gasteiger partial charge < -0.3 is 15.9 Å². The average Bonchev–Trinajstić information content (AvgIpc) is 2.72. The lowest BCUT2D eigenvalue weighted by molar-refractivity contribution is -0.181. The molecule has 6 atom stereocenters. The molecule has 2 unspecified atom stereocenters. The number of benzene rings is 1. The predicted octanol–water partition coefficient (Wildman–Crippen LogP) is 0.0655. The summed E-state index contributed by atoms with van der Waals surface area (Å²) >= 11 is 0. The van der Waals surface area contributed by atoms with Crippen LogP contribution in [0, 0.1) is 29.6 Å². The van der Waals surface area contributed by atoms with E-state index in [1.165, 1.54) is 11.0 Å². The number of carbonyl (C=O) groups is 5. The van der Waals surface area contributed by atoms with Crippen molar-refractivity contribution in [3.8, 4) is 5.75 Å². The third-order valence-electron chi connectivity index (χ3n) is 7.67. The van der Waals surface area contributed by atoms with E-state index in [1.54, 1.807) is 20.2 Å². The molecule has 1 aromatic rings. The first kappa shape index (κ1) is 24.2. The summed E-state index contributed by atoms with van der Waals surface area (Å²) in [4.78, 5) is 67.0. The van der Waals surface area contributed by atoms with Gasteiger partial charge in [0.05, 0.1) is 17.5 Å². The number of likely N-dealkylation sites (N-methyl/N-ethyl adjacent to an activating group) is 1. The van der Waals surface area contributed by atoms with Crippen molar-refractivity contribution in [3.63, 3.8) is 0 Å². The molecule has 4 rings (SSSR count). The number of hydrogen-bond acceptors (Lipinski definition) is 8. The summed E-state index contributed by atoms with van der Waals surface area (Å²) in [6.45, 7) is 4.07. The van der Waals surface area contributed by atoms with E-state index in [0.717, 1.165) is 5.56 Å². The summed E-state index contributed by atoms with van der Waals surface area (Å²) in [6, 6.07) is 2.10. The van der Waals surface area contributed by atoms with Gasteiger partial charge in [0.15, 0.2) is 34.7 Å². The smallest absolute Gasteiger partial charge is 0.235 e. The van der Waals surface area contributed by atoms with Crippen LogP contribution in [-0.2, 0) is 32.0 Å². The van der Waals surface area contributed by atoms with E-state index in [1.807, 2.05) is 13.8 Å². The third kappa shape index (κ3) is 3.25. The SMILES string of the molecule is CC(C)Cc1ccc(O)c2c1C[C@@H]1C[C@@H]3[C@@H](N(C)C)C(=O)C(C(N)=O)C(=O)[C@]3(O)C(=O)C1C2=O. The molecule has 9 nitrogen and oxygen atoms in total. The average molecular weight is 471 g/mol. The van der Waals surface area contributed by atoms with Crippen LogP contribution >= 0.6 is 0 Å². The standard InChI is InChI=1S/C25H30N2O7/c1-10(2)7-11-5-6-15(28)17-13(11)8-12-9-14-19(27(3)4)21(30)18(24(26)33)23(32)25(14,34)22(31)16(12)20(17)29/h5-6,10,12,14,16,18-19,28,34H,7-9H2,1-4H3,(H2,26,33)/t12-,14-,16?,18?,19-,25-/m1/s1. The number of aromatic hydroxyl groups is 1. The van der Waals surface area contributed by atoms with E-state index in [4.69, 9.17) is 5.73 Å². The fourth-order valence-corrected chi connectivity index (χ4v) is 6.30. The molecule has 0 aliphatic heterocycles. The van der Waals surface area contributed by atoms with Crippen molar-refractivity contribution in [1.29, 1.82) is 0 Å². The third-order valence-corrected chi connectivity index (χ3v) is 7.67. The Bertz CT molecular complexity index is 1120. The highest BCUT2D eigenvalue weighted by atomic mass is 16.3. The van der Waals surface area contributed by atoms with Crippen LogP contribution in [0.4, 0.5) is 0 Å². The van der Waals surface area contributed by atoms with Crippen LogP contribution in [0.15, 0.2) is 12.1 Å². The molecular weight excluding hydrogens is 440 g/mol. The molecule has 1 aromatic carbocycles. The molecule has 1 amide bonds. The number of aliphatic hydroxyl groups is 1. The zero-order valence-electron chi connectivity index (χ0n) is 19.7. The van der Waals surface area contributed by atoms with Crippen LogP contribution in [-0.4, -0.2) is 69.9 Å². The number of nitrogens with zero attached hydrogens (tertiary/aromatic N) is 1. The highest BCUT2D eigenvalue weighted by Gasteiger charge is 2.69. The molecule has 3 aliphatic rings. The van der Waals surface area contributed by atoms with Gasteiger partial charge in [0.25, 0.3) is 0 Å². The Morgan fingerprint density at radius 2 is 1.82 bits per heavy atom. The molecule has 0 radical (unpaired) electrons. The first-order valence-electron chi connectivity index (χ1n) is 11.5. The number of nitrogens with two attached hydrogens (primary N) is 1. The summed E-state index contributed by atoms with van der Waals surface area (Å²) in [5, 5.41) is 22.0. The quantitative estimate of drug-likeness (QED) is 0.522. The predicted molar refractivity (Wildman–Crippen MR) is 120 cm³/mol. The van der Waals surface area contributed by atoms with E-state index in [0.29, 0.717) is 18.4 Å². The maximum absolute atomic E-state index is 13.7. The molecule has 0 bridgehead atoms. The van der Waals surface area contributed by atoms with Gasteiger partial charge in [-0.2, -0.15) is 0 Å². The lowest BCUT2D eigenvalue weighted by Gasteiger charge is -2.52. The molecule has 9 heteroatoms. The maximum Gasteiger partial charge on any atom is 0.235 e. The van der Waals surface area contributed by atoms with Gasteiger partial charge in [-0.1, -0.05) is 19.9 Å². The lowest BCUT2D eigenvalue weighted by Crippen LogP contribution is -2.74. The number of phenolic OH excluding ortho intramolecular Hbond substituents is 1.